The van der Waals surface area contributed by atoms with Crippen LogP contribution < -0.4 is 10.6 Å². The average molecular weight is 228 g/mol. The minimum Gasteiger partial charge on any atom is -0.347 e. The number of hydrogen-bond donors (Lipinski definition) is 2. The summed E-state index contributed by atoms with van der Waals surface area (Å²) >= 11 is 0. The quantitative estimate of drug-likeness (QED) is 0.812. The van der Waals surface area contributed by atoms with E-state index in [0.717, 1.165) is 12.1 Å². The molecule has 0 unspecified atom stereocenters. The number of halogens is 2. The van der Waals surface area contributed by atoms with Gasteiger partial charge in [0.25, 0.3) is 0 Å². The first-order valence-electron chi connectivity index (χ1n) is 4.48. The summed E-state index contributed by atoms with van der Waals surface area (Å²) < 4.78 is 25.6. The van der Waals surface area contributed by atoms with Gasteiger partial charge in [0.15, 0.2) is 0 Å². The molecule has 16 heavy (non-hydrogen) atoms. The topological polar surface area (TPSA) is 58.2 Å². The van der Waals surface area contributed by atoms with Crippen LogP contribution in [0.3, 0.4) is 0 Å². The van der Waals surface area contributed by atoms with Crippen molar-refractivity contribution in [1.29, 1.82) is 0 Å². The van der Waals surface area contributed by atoms with Crippen LogP contribution in [0.1, 0.15) is 6.92 Å². The molecule has 0 saturated heterocycles. The molecule has 0 fully saturated rings. The van der Waals surface area contributed by atoms with Crippen molar-refractivity contribution in [3.05, 3.63) is 29.8 Å². The smallest absolute Gasteiger partial charge is 0.243 e. The van der Waals surface area contributed by atoms with Crippen molar-refractivity contribution in [1.82, 2.24) is 5.32 Å². The molecule has 0 aliphatic heterocycles. The largest absolute Gasteiger partial charge is 0.347 e. The Morgan fingerprint density at radius 3 is 2.56 bits per heavy atom. The molecular weight excluding hydrogens is 218 g/mol. The van der Waals surface area contributed by atoms with E-state index in [2.05, 4.69) is 10.6 Å². The summed E-state index contributed by atoms with van der Waals surface area (Å²) in [6.45, 7) is 0.998. The zero-order chi connectivity index (χ0) is 12.1. The van der Waals surface area contributed by atoms with Gasteiger partial charge < -0.3 is 10.6 Å². The van der Waals surface area contributed by atoms with Gasteiger partial charge in [0.2, 0.25) is 11.8 Å². The third kappa shape index (κ3) is 3.64. The summed E-state index contributed by atoms with van der Waals surface area (Å²) in [5.41, 5.74) is -0.128. The zero-order valence-corrected chi connectivity index (χ0v) is 8.51. The Morgan fingerprint density at radius 1 is 1.31 bits per heavy atom. The first kappa shape index (κ1) is 12.1. The monoisotopic (exact) mass is 228 g/mol. The van der Waals surface area contributed by atoms with E-state index in [-0.39, 0.29) is 18.1 Å². The van der Waals surface area contributed by atoms with Crippen LogP contribution in [-0.4, -0.2) is 18.4 Å². The van der Waals surface area contributed by atoms with E-state index >= 15 is 0 Å². The molecule has 2 N–H and O–H groups in total. The summed E-state index contributed by atoms with van der Waals surface area (Å²) in [7, 11) is 0. The molecule has 0 aliphatic rings. The molecule has 1 aromatic rings. The molecule has 0 atom stereocenters. The summed E-state index contributed by atoms with van der Waals surface area (Å²) in [6, 6.07) is 2.79. The second kappa shape index (κ2) is 5.20. The fourth-order valence-electron chi connectivity index (χ4n) is 0.990. The molecular formula is C10H10F2N2O2. The van der Waals surface area contributed by atoms with Crippen LogP contribution in [-0.2, 0) is 9.59 Å². The van der Waals surface area contributed by atoms with Gasteiger partial charge >= 0.3 is 0 Å². The number of amides is 2. The van der Waals surface area contributed by atoms with Gasteiger partial charge in [-0.15, -0.1) is 0 Å². The van der Waals surface area contributed by atoms with E-state index in [4.69, 9.17) is 0 Å². The Labute approximate surface area is 90.6 Å². The van der Waals surface area contributed by atoms with Crippen LogP contribution in [0.2, 0.25) is 0 Å². The van der Waals surface area contributed by atoms with Crippen molar-refractivity contribution in [2.24, 2.45) is 0 Å². The van der Waals surface area contributed by atoms with Crippen molar-refractivity contribution >= 4 is 17.5 Å². The minimum absolute atomic E-state index is 0.128. The highest BCUT2D eigenvalue weighted by Gasteiger charge is 2.07. The highest BCUT2D eigenvalue weighted by atomic mass is 19.1. The summed E-state index contributed by atoms with van der Waals surface area (Å²) in [4.78, 5) is 21.7. The van der Waals surface area contributed by atoms with Crippen molar-refractivity contribution in [3.63, 3.8) is 0 Å². The lowest BCUT2D eigenvalue weighted by Gasteiger charge is -2.06. The molecule has 0 spiro atoms. The molecule has 1 rings (SSSR count). The van der Waals surface area contributed by atoms with E-state index in [0.29, 0.717) is 6.07 Å². The van der Waals surface area contributed by atoms with Gasteiger partial charge in [-0.3, -0.25) is 9.59 Å². The van der Waals surface area contributed by atoms with Crippen LogP contribution in [0.5, 0.6) is 0 Å². The van der Waals surface area contributed by atoms with Crippen molar-refractivity contribution in [2.75, 3.05) is 11.9 Å². The normalized spacial score (nSPS) is 9.69. The fourth-order valence-corrected chi connectivity index (χ4v) is 0.990. The highest BCUT2D eigenvalue weighted by Crippen LogP contribution is 2.14. The van der Waals surface area contributed by atoms with Gasteiger partial charge in [0.05, 0.1) is 12.2 Å². The van der Waals surface area contributed by atoms with Crippen molar-refractivity contribution < 1.29 is 18.4 Å². The maximum atomic E-state index is 13.1. The van der Waals surface area contributed by atoms with E-state index < -0.39 is 17.5 Å². The van der Waals surface area contributed by atoms with E-state index in [9.17, 15) is 18.4 Å². The minimum atomic E-state index is -0.865. The maximum absolute atomic E-state index is 13.1. The van der Waals surface area contributed by atoms with Crippen LogP contribution in [0.4, 0.5) is 14.5 Å². The molecule has 0 radical (unpaired) electrons. The lowest BCUT2D eigenvalue weighted by Crippen LogP contribution is -2.31. The van der Waals surface area contributed by atoms with Gasteiger partial charge in [-0.1, -0.05) is 0 Å². The standard InChI is InChI=1S/C10H10F2N2O2/c1-6(15)13-5-10(16)14-9-3-2-7(11)4-8(9)12/h2-4H,5H2,1H3,(H,13,15)(H,14,16). The second-order valence-corrected chi connectivity index (χ2v) is 3.08. The SMILES string of the molecule is CC(=O)NCC(=O)Nc1ccc(F)cc1F. The molecule has 4 nitrogen and oxygen atoms in total. The summed E-state index contributed by atoms with van der Waals surface area (Å²) in [5.74, 6) is -2.54. The zero-order valence-electron chi connectivity index (χ0n) is 8.51. The molecule has 0 saturated carbocycles. The van der Waals surface area contributed by atoms with E-state index in [1.807, 2.05) is 0 Å². The first-order valence-corrected chi connectivity index (χ1v) is 4.48. The molecule has 2 amide bonds. The molecule has 0 aromatic heterocycles. The Hall–Kier alpha value is -1.98. The molecule has 86 valence electrons. The molecule has 1 aromatic carbocycles. The number of nitrogens with one attached hydrogen (secondary N) is 2. The maximum Gasteiger partial charge on any atom is 0.243 e. The number of rotatable bonds is 3. The number of hydrogen-bond acceptors (Lipinski definition) is 2. The second-order valence-electron chi connectivity index (χ2n) is 3.08. The Kier molecular flexibility index (Phi) is 3.93. The van der Waals surface area contributed by atoms with Crippen LogP contribution >= 0.6 is 0 Å². The number of carbonyl (C=O) groups is 2. The Bertz CT molecular complexity index is 421. The third-order valence-corrected chi connectivity index (χ3v) is 1.70. The van der Waals surface area contributed by atoms with Crippen LogP contribution in [0.15, 0.2) is 18.2 Å². The van der Waals surface area contributed by atoms with Gasteiger partial charge in [0, 0.05) is 13.0 Å². The molecule has 0 heterocycles. The van der Waals surface area contributed by atoms with Gasteiger partial charge in [-0.2, -0.15) is 0 Å². The van der Waals surface area contributed by atoms with E-state index in [1.54, 1.807) is 0 Å². The van der Waals surface area contributed by atoms with Gasteiger partial charge in [-0.05, 0) is 12.1 Å². The lowest BCUT2D eigenvalue weighted by molar-refractivity contribution is -0.122. The predicted molar refractivity (Wildman–Crippen MR) is 53.7 cm³/mol. The molecule has 0 bridgehead atoms. The Balaban J connectivity index is 2.59. The summed E-state index contributed by atoms with van der Waals surface area (Å²) in [6.07, 6.45) is 0. The number of carbonyl (C=O) groups excluding carboxylic acids is 2. The summed E-state index contributed by atoms with van der Waals surface area (Å²) in [5, 5.41) is 4.45. The number of anilines is 1. The van der Waals surface area contributed by atoms with E-state index in [1.165, 1.54) is 6.92 Å². The molecule has 6 heteroatoms. The number of benzene rings is 1. The molecule has 0 aliphatic carbocycles. The predicted octanol–water partition coefficient (Wildman–Crippen LogP) is 1.04. The highest BCUT2D eigenvalue weighted by molar-refractivity contribution is 5.94. The van der Waals surface area contributed by atoms with Gasteiger partial charge in [-0.25, -0.2) is 8.78 Å². The van der Waals surface area contributed by atoms with Crippen molar-refractivity contribution in [2.45, 2.75) is 6.92 Å². The third-order valence-electron chi connectivity index (χ3n) is 1.70. The first-order chi connectivity index (χ1) is 7.49. The van der Waals surface area contributed by atoms with Crippen molar-refractivity contribution in [3.8, 4) is 0 Å². The average Bonchev–Trinajstić information content (AvgIpc) is 2.19. The van der Waals surface area contributed by atoms with Crippen LogP contribution in [0.25, 0.3) is 0 Å². The van der Waals surface area contributed by atoms with Gasteiger partial charge in [0.1, 0.15) is 11.6 Å². The fraction of sp³-hybridized carbons (Fsp3) is 0.200. The Morgan fingerprint density at radius 2 is 2.00 bits per heavy atom. The lowest BCUT2D eigenvalue weighted by atomic mass is 10.3. The van der Waals surface area contributed by atoms with Crippen LogP contribution in [0, 0.1) is 11.6 Å².